The highest BCUT2D eigenvalue weighted by Crippen LogP contribution is 2.27. The Morgan fingerprint density at radius 1 is 1.18 bits per heavy atom. The molecule has 112 valence electrons. The summed E-state index contributed by atoms with van der Waals surface area (Å²) >= 11 is 0. The zero-order valence-corrected chi connectivity index (χ0v) is 11.0. The standard InChI is InChI=1S/C15H9F2NO4/c16-11-6-7-13(18(20)21)14(9-11)22-15(19)8-5-10-3-1-2-4-12(10)17/h1-9H/b8-5+. The van der Waals surface area contributed by atoms with Gasteiger partial charge in [0.1, 0.15) is 11.6 Å². The summed E-state index contributed by atoms with van der Waals surface area (Å²) in [4.78, 5) is 21.6. The lowest BCUT2D eigenvalue weighted by molar-refractivity contribution is -0.385. The van der Waals surface area contributed by atoms with E-state index < -0.39 is 34.0 Å². The molecule has 0 aliphatic rings. The molecule has 5 nitrogen and oxygen atoms in total. The zero-order chi connectivity index (χ0) is 16.1. The number of ether oxygens (including phenoxy) is 1. The van der Waals surface area contributed by atoms with Crippen LogP contribution in [0.15, 0.2) is 48.5 Å². The average Bonchev–Trinajstić information content (AvgIpc) is 2.46. The largest absolute Gasteiger partial charge is 0.416 e. The Balaban J connectivity index is 2.18. The van der Waals surface area contributed by atoms with Gasteiger partial charge in [-0.15, -0.1) is 0 Å². The number of carbonyl (C=O) groups excluding carboxylic acids is 1. The van der Waals surface area contributed by atoms with Crippen molar-refractivity contribution in [2.24, 2.45) is 0 Å². The van der Waals surface area contributed by atoms with Gasteiger partial charge >= 0.3 is 11.7 Å². The highest BCUT2D eigenvalue weighted by molar-refractivity contribution is 5.89. The first-order valence-corrected chi connectivity index (χ1v) is 6.06. The molecule has 0 atom stereocenters. The summed E-state index contributed by atoms with van der Waals surface area (Å²) in [6.45, 7) is 0. The normalized spacial score (nSPS) is 10.6. The van der Waals surface area contributed by atoms with Gasteiger partial charge < -0.3 is 4.74 Å². The number of hydrogen-bond donors (Lipinski definition) is 0. The van der Waals surface area contributed by atoms with E-state index in [4.69, 9.17) is 4.74 Å². The van der Waals surface area contributed by atoms with E-state index in [1.165, 1.54) is 18.2 Å². The Kier molecular flexibility index (Phi) is 4.57. The molecule has 0 saturated carbocycles. The summed E-state index contributed by atoms with van der Waals surface area (Å²) in [7, 11) is 0. The van der Waals surface area contributed by atoms with Crippen LogP contribution in [0.25, 0.3) is 6.08 Å². The Morgan fingerprint density at radius 3 is 2.59 bits per heavy atom. The summed E-state index contributed by atoms with van der Waals surface area (Å²) in [5.74, 6) is -2.83. The van der Waals surface area contributed by atoms with E-state index in [9.17, 15) is 23.7 Å². The lowest BCUT2D eigenvalue weighted by Gasteiger charge is -2.02. The average molecular weight is 305 g/mol. The number of nitro groups is 1. The molecule has 0 aliphatic carbocycles. The summed E-state index contributed by atoms with van der Waals surface area (Å²) in [5, 5.41) is 10.8. The van der Waals surface area contributed by atoms with Crippen molar-refractivity contribution >= 4 is 17.7 Å². The Hall–Kier alpha value is -3.09. The van der Waals surface area contributed by atoms with Gasteiger partial charge in [-0.2, -0.15) is 0 Å². The minimum absolute atomic E-state index is 0.146. The molecule has 0 N–H and O–H groups in total. The molecule has 2 rings (SSSR count). The fraction of sp³-hybridized carbons (Fsp3) is 0. The van der Waals surface area contributed by atoms with Gasteiger partial charge in [0.2, 0.25) is 5.75 Å². The first-order valence-electron chi connectivity index (χ1n) is 6.06. The van der Waals surface area contributed by atoms with Gasteiger partial charge in [0.05, 0.1) is 4.92 Å². The Morgan fingerprint density at radius 2 is 1.91 bits per heavy atom. The summed E-state index contributed by atoms with van der Waals surface area (Å²) in [6.07, 6.45) is 2.05. The molecule has 22 heavy (non-hydrogen) atoms. The van der Waals surface area contributed by atoms with Crippen molar-refractivity contribution in [3.63, 3.8) is 0 Å². The van der Waals surface area contributed by atoms with Gasteiger partial charge in [-0.25, -0.2) is 13.6 Å². The van der Waals surface area contributed by atoms with E-state index in [1.807, 2.05) is 0 Å². The topological polar surface area (TPSA) is 69.4 Å². The van der Waals surface area contributed by atoms with Crippen LogP contribution < -0.4 is 4.74 Å². The van der Waals surface area contributed by atoms with Crippen LogP contribution in [0.2, 0.25) is 0 Å². The van der Waals surface area contributed by atoms with Crippen molar-refractivity contribution in [1.82, 2.24) is 0 Å². The predicted octanol–water partition coefficient (Wildman–Crippen LogP) is 3.49. The summed E-state index contributed by atoms with van der Waals surface area (Å²) in [6, 6.07) is 8.20. The van der Waals surface area contributed by atoms with E-state index in [-0.39, 0.29) is 5.56 Å². The molecular formula is C15H9F2NO4. The molecule has 0 radical (unpaired) electrons. The van der Waals surface area contributed by atoms with Gasteiger partial charge in [0.25, 0.3) is 0 Å². The molecule has 0 aromatic heterocycles. The maximum absolute atomic E-state index is 13.3. The third-order valence-corrected chi connectivity index (χ3v) is 2.63. The maximum atomic E-state index is 13.3. The van der Waals surface area contributed by atoms with Gasteiger partial charge in [-0.3, -0.25) is 10.1 Å². The molecule has 2 aromatic carbocycles. The van der Waals surface area contributed by atoms with Crippen LogP contribution in [-0.4, -0.2) is 10.9 Å². The number of hydrogen-bond acceptors (Lipinski definition) is 4. The molecule has 0 spiro atoms. The van der Waals surface area contributed by atoms with Crippen LogP contribution in [0.3, 0.4) is 0 Å². The molecule has 2 aromatic rings. The third kappa shape index (κ3) is 3.72. The van der Waals surface area contributed by atoms with Crippen molar-refractivity contribution in [1.29, 1.82) is 0 Å². The van der Waals surface area contributed by atoms with Crippen LogP contribution in [-0.2, 0) is 4.79 Å². The van der Waals surface area contributed by atoms with Crippen molar-refractivity contribution in [2.45, 2.75) is 0 Å². The lowest BCUT2D eigenvalue weighted by Crippen LogP contribution is -2.06. The van der Waals surface area contributed by atoms with Gasteiger partial charge in [-0.05, 0) is 18.2 Å². The van der Waals surface area contributed by atoms with Crippen LogP contribution in [0.4, 0.5) is 14.5 Å². The SMILES string of the molecule is O=C(/C=C/c1ccccc1F)Oc1cc(F)ccc1[N+](=O)[O-]. The predicted molar refractivity (Wildman–Crippen MR) is 74.1 cm³/mol. The van der Waals surface area contributed by atoms with E-state index in [1.54, 1.807) is 6.07 Å². The number of nitro benzene ring substituents is 1. The van der Waals surface area contributed by atoms with Crippen LogP contribution in [0, 0.1) is 21.7 Å². The second kappa shape index (κ2) is 6.57. The maximum Gasteiger partial charge on any atom is 0.336 e. The number of benzene rings is 2. The van der Waals surface area contributed by atoms with Gasteiger partial charge in [0, 0.05) is 23.8 Å². The molecule has 0 unspecified atom stereocenters. The summed E-state index contributed by atoms with van der Waals surface area (Å²) < 4.78 is 31.2. The summed E-state index contributed by atoms with van der Waals surface area (Å²) in [5.41, 5.74) is -0.401. The molecule has 0 aliphatic heterocycles. The molecule has 0 fully saturated rings. The minimum Gasteiger partial charge on any atom is -0.416 e. The second-order valence-electron chi connectivity index (χ2n) is 4.15. The fourth-order valence-electron chi connectivity index (χ4n) is 1.63. The Labute approximate surface area is 123 Å². The van der Waals surface area contributed by atoms with Crippen molar-refractivity contribution in [3.8, 4) is 5.75 Å². The third-order valence-electron chi connectivity index (χ3n) is 2.63. The van der Waals surface area contributed by atoms with Crippen molar-refractivity contribution in [3.05, 3.63) is 75.9 Å². The van der Waals surface area contributed by atoms with E-state index in [0.717, 1.165) is 30.4 Å². The lowest BCUT2D eigenvalue weighted by atomic mass is 10.2. The first kappa shape index (κ1) is 15.3. The minimum atomic E-state index is -0.989. The molecule has 0 amide bonds. The number of rotatable bonds is 4. The highest BCUT2D eigenvalue weighted by Gasteiger charge is 2.18. The van der Waals surface area contributed by atoms with Crippen LogP contribution in [0.1, 0.15) is 5.56 Å². The van der Waals surface area contributed by atoms with E-state index in [2.05, 4.69) is 0 Å². The van der Waals surface area contributed by atoms with Gasteiger partial charge in [-0.1, -0.05) is 18.2 Å². The van der Waals surface area contributed by atoms with E-state index in [0.29, 0.717) is 0 Å². The number of halogens is 2. The molecule has 0 saturated heterocycles. The highest BCUT2D eigenvalue weighted by atomic mass is 19.1. The number of nitrogens with zero attached hydrogens (tertiary/aromatic N) is 1. The zero-order valence-electron chi connectivity index (χ0n) is 11.0. The smallest absolute Gasteiger partial charge is 0.336 e. The number of carbonyl (C=O) groups is 1. The van der Waals surface area contributed by atoms with Crippen LogP contribution in [0.5, 0.6) is 5.75 Å². The quantitative estimate of drug-likeness (QED) is 0.285. The van der Waals surface area contributed by atoms with E-state index >= 15 is 0 Å². The monoisotopic (exact) mass is 305 g/mol. The van der Waals surface area contributed by atoms with Crippen molar-refractivity contribution in [2.75, 3.05) is 0 Å². The molecular weight excluding hydrogens is 296 g/mol. The molecule has 0 heterocycles. The van der Waals surface area contributed by atoms with Crippen LogP contribution >= 0.6 is 0 Å². The Bertz CT molecular complexity index is 759. The first-order chi connectivity index (χ1) is 10.5. The van der Waals surface area contributed by atoms with Gasteiger partial charge in [0.15, 0.2) is 0 Å². The second-order valence-corrected chi connectivity index (χ2v) is 4.15. The van der Waals surface area contributed by atoms with Crippen molar-refractivity contribution < 1.29 is 23.2 Å². The molecule has 0 bridgehead atoms. The molecule has 7 heteroatoms. The fourth-order valence-corrected chi connectivity index (χ4v) is 1.63. The number of esters is 1.